The van der Waals surface area contributed by atoms with Gasteiger partial charge in [0.25, 0.3) is 0 Å². The molecule has 0 aromatic carbocycles. The summed E-state index contributed by atoms with van der Waals surface area (Å²) in [6.07, 6.45) is 7.95. The summed E-state index contributed by atoms with van der Waals surface area (Å²) >= 11 is 0. The zero-order valence-corrected chi connectivity index (χ0v) is 14.4. The molecule has 1 aliphatic heterocycles. The summed E-state index contributed by atoms with van der Waals surface area (Å²) in [5.74, 6) is 0. The van der Waals surface area contributed by atoms with E-state index in [0.29, 0.717) is 17.9 Å². The first-order valence-electron chi connectivity index (χ1n) is 7.70. The molecule has 7 nitrogen and oxygen atoms in total. The van der Waals surface area contributed by atoms with Gasteiger partial charge in [0.1, 0.15) is 5.69 Å². The predicted molar refractivity (Wildman–Crippen MR) is 87.2 cm³/mol. The van der Waals surface area contributed by atoms with Crippen LogP contribution in [0.15, 0.2) is 24.7 Å². The molecule has 0 saturated carbocycles. The maximum absolute atomic E-state index is 11.9. The van der Waals surface area contributed by atoms with Gasteiger partial charge in [-0.05, 0) is 32.8 Å². The van der Waals surface area contributed by atoms with E-state index in [1.165, 1.54) is 10.6 Å². The third kappa shape index (κ3) is 3.13. The van der Waals surface area contributed by atoms with Crippen molar-refractivity contribution in [3.05, 3.63) is 30.4 Å². The van der Waals surface area contributed by atoms with Crippen LogP contribution in [0.5, 0.6) is 0 Å². The second kappa shape index (κ2) is 6.01. The molecule has 0 N–H and O–H groups in total. The summed E-state index contributed by atoms with van der Waals surface area (Å²) in [4.78, 5) is 8.95. The molecule has 2 aromatic heterocycles. The Morgan fingerprint density at radius 2 is 2.09 bits per heavy atom. The van der Waals surface area contributed by atoms with Gasteiger partial charge in [-0.15, -0.1) is 0 Å². The Hall–Kier alpha value is -1.80. The Kier molecular flexibility index (Phi) is 4.20. The summed E-state index contributed by atoms with van der Waals surface area (Å²) in [7, 11) is -3.24. The van der Waals surface area contributed by atoms with E-state index in [1.807, 2.05) is 10.7 Å². The normalized spacial score (nSPS) is 19.6. The monoisotopic (exact) mass is 335 g/mol. The lowest BCUT2D eigenvalue weighted by Crippen LogP contribution is -2.30. The minimum atomic E-state index is -3.24. The van der Waals surface area contributed by atoms with Gasteiger partial charge in [-0.2, -0.15) is 9.40 Å². The fraction of sp³-hybridized carbons (Fsp3) is 0.533. The van der Waals surface area contributed by atoms with Gasteiger partial charge in [-0.25, -0.2) is 13.4 Å². The molecule has 3 rings (SSSR count). The van der Waals surface area contributed by atoms with Gasteiger partial charge >= 0.3 is 0 Å². The average molecular weight is 335 g/mol. The Morgan fingerprint density at radius 3 is 2.78 bits per heavy atom. The molecule has 0 bridgehead atoms. The van der Waals surface area contributed by atoms with E-state index in [-0.39, 0.29) is 12.1 Å². The molecule has 1 aliphatic rings. The molecule has 2 aromatic rings. The fourth-order valence-electron chi connectivity index (χ4n) is 3.03. The molecule has 1 fully saturated rings. The van der Waals surface area contributed by atoms with Crippen LogP contribution in [0.2, 0.25) is 0 Å². The van der Waals surface area contributed by atoms with Crippen molar-refractivity contribution in [3.63, 3.8) is 0 Å². The van der Waals surface area contributed by atoms with Crippen LogP contribution in [0.1, 0.15) is 44.5 Å². The van der Waals surface area contributed by atoms with Gasteiger partial charge < -0.3 is 0 Å². The standard InChI is InChI=1S/C15H21N5O2S/c1-11(2)20-15(6-7-17-20)13-10-16-9-12(18-13)14-5-4-8-19(14)23(3,21)22/h6-7,9-11,14H,4-5,8H2,1-3H3. The van der Waals surface area contributed by atoms with E-state index >= 15 is 0 Å². The van der Waals surface area contributed by atoms with Crippen molar-refractivity contribution in [1.82, 2.24) is 24.1 Å². The first-order valence-corrected chi connectivity index (χ1v) is 9.55. The van der Waals surface area contributed by atoms with E-state index in [9.17, 15) is 8.42 Å². The van der Waals surface area contributed by atoms with Crippen LogP contribution in [0.4, 0.5) is 0 Å². The first kappa shape index (κ1) is 16.1. The topological polar surface area (TPSA) is 81.0 Å². The number of nitrogens with zero attached hydrogens (tertiary/aromatic N) is 5. The SMILES string of the molecule is CC(C)n1nccc1-c1cncc(C2CCCN2S(C)(=O)=O)n1. The van der Waals surface area contributed by atoms with E-state index in [4.69, 9.17) is 0 Å². The molecule has 124 valence electrons. The van der Waals surface area contributed by atoms with Crippen molar-refractivity contribution < 1.29 is 8.42 Å². The molecule has 23 heavy (non-hydrogen) atoms. The van der Waals surface area contributed by atoms with Gasteiger partial charge in [0.15, 0.2) is 0 Å². The summed E-state index contributed by atoms with van der Waals surface area (Å²) in [5, 5.41) is 4.32. The Bertz CT molecular complexity index is 800. The molecule has 0 radical (unpaired) electrons. The lowest BCUT2D eigenvalue weighted by atomic mass is 10.1. The van der Waals surface area contributed by atoms with Gasteiger partial charge in [-0.1, -0.05) is 0 Å². The predicted octanol–water partition coefficient (Wildman–Crippen LogP) is 2.02. The molecule has 3 heterocycles. The lowest BCUT2D eigenvalue weighted by Gasteiger charge is -2.21. The first-order chi connectivity index (χ1) is 10.9. The Labute approximate surface area is 136 Å². The molecular weight excluding hydrogens is 314 g/mol. The number of hydrogen-bond acceptors (Lipinski definition) is 5. The number of rotatable bonds is 4. The van der Waals surface area contributed by atoms with Gasteiger partial charge in [-0.3, -0.25) is 9.67 Å². The summed E-state index contributed by atoms with van der Waals surface area (Å²) in [5.41, 5.74) is 2.30. The second-order valence-corrected chi connectivity index (χ2v) is 8.05. The van der Waals surface area contributed by atoms with Crippen molar-refractivity contribution in [2.75, 3.05) is 12.8 Å². The Balaban J connectivity index is 1.99. The highest BCUT2D eigenvalue weighted by Crippen LogP contribution is 2.33. The lowest BCUT2D eigenvalue weighted by molar-refractivity contribution is 0.393. The molecule has 0 spiro atoms. The van der Waals surface area contributed by atoms with Gasteiger partial charge in [0, 0.05) is 18.8 Å². The third-order valence-electron chi connectivity index (χ3n) is 4.05. The van der Waals surface area contributed by atoms with Crippen molar-refractivity contribution in [2.24, 2.45) is 0 Å². The largest absolute Gasteiger partial charge is 0.261 e. The molecule has 1 saturated heterocycles. The highest BCUT2D eigenvalue weighted by molar-refractivity contribution is 7.88. The van der Waals surface area contributed by atoms with E-state index in [1.54, 1.807) is 18.6 Å². The van der Waals surface area contributed by atoms with Crippen LogP contribution in [0, 0.1) is 0 Å². The van der Waals surface area contributed by atoms with Crippen molar-refractivity contribution in [3.8, 4) is 11.4 Å². The van der Waals surface area contributed by atoms with Crippen molar-refractivity contribution >= 4 is 10.0 Å². The second-order valence-electron chi connectivity index (χ2n) is 6.12. The molecule has 0 aliphatic carbocycles. The number of hydrogen-bond donors (Lipinski definition) is 0. The third-order valence-corrected chi connectivity index (χ3v) is 5.34. The van der Waals surface area contributed by atoms with Crippen LogP contribution in [-0.2, 0) is 10.0 Å². The number of sulfonamides is 1. The molecule has 1 atom stereocenters. The van der Waals surface area contributed by atoms with E-state index in [0.717, 1.165) is 18.5 Å². The van der Waals surface area contributed by atoms with E-state index in [2.05, 4.69) is 28.9 Å². The quantitative estimate of drug-likeness (QED) is 0.854. The van der Waals surface area contributed by atoms with Gasteiger partial charge in [0.05, 0.1) is 36.1 Å². The van der Waals surface area contributed by atoms with Crippen molar-refractivity contribution in [1.29, 1.82) is 0 Å². The van der Waals surface area contributed by atoms with E-state index < -0.39 is 10.0 Å². The highest BCUT2D eigenvalue weighted by atomic mass is 32.2. The zero-order chi connectivity index (χ0) is 16.6. The smallest absolute Gasteiger partial charge is 0.211 e. The van der Waals surface area contributed by atoms with Crippen LogP contribution < -0.4 is 0 Å². The van der Waals surface area contributed by atoms with Crippen LogP contribution in [-0.4, -0.2) is 45.3 Å². The molecule has 8 heteroatoms. The minimum Gasteiger partial charge on any atom is -0.261 e. The van der Waals surface area contributed by atoms with Gasteiger partial charge in [0.2, 0.25) is 10.0 Å². The maximum Gasteiger partial charge on any atom is 0.211 e. The summed E-state index contributed by atoms with van der Waals surface area (Å²) < 4.78 is 27.3. The molecule has 0 amide bonds. The highest BCUT2D eigenvalue weighted by Gasteiger charge is 2.33. The van der Waals surface area contributed by atoms with Crippen molar-refractivity contribution in [2.45, 2.75) is 38.8 Å². The molecule has 1 unspecified atom stereocenters. The van der Waals surface area contributed by atoms with Crippen LogP contribution in [0.25, 0.3) is 11.4 Å². The fourth-order valence-corrected chi connectivity index (χ4v) is 4.16. The summed E-state index contributed by atoms with van der Waals surface area (Å²) in [6, 6.07) is 1.88. The van der Waals surface area contributed by atoms with Crippen LogP contribution in [0.3, 0.4) is 0 Å². The summed E-state index contributed by atoms with van der Waals surface area (Å²) in [6.45, 7) is 4.64. The maximum atomic E-state index is 11.9. The number of aromatic nitrogens is 4. The molecular formula is C15H21N5O2S. The van der Waals surface area contributed by atoms with Crippen LogP contribution >= 0.6 is 0 Å². The Morgan fingerprint density at radius 1 is 1.30 bits per heavy atom. The average Bonchev–Trinajstić information content (AvgIpc) is 3.16. The minimum absolute atomic E-state index is 0.212. The zero-order valence-electron chi connectivity index (χ0n) is 13.5.